The number of likely N-dealkylation sites (tertiary alicyclic amines) is 1. The lowest BCUT2D eigenvalue weighted by Gasteiger charge is -2.26. The minimum Gasteiger partial charge on any atom is -0.493 e. The highest BCUT2D eigenvalue weighted by atomic mass is 16.5. The Morgan fingerprint density at radius 3 is 2.41 bits per heavy atom. The first-order valence-electron chi connectivity index (χ1n) is 11.4. The van der Waals surface area contributed by atoms with Crippen LogP contribution in [0.2, 0.25) is 0 Å². The maximum Gasteiger partial charge on any atom is 0.203 e. The summed E-state index contributed by atoms with van der Waals surface area (Å²) in [6.07, 6.45) is 4.20. The van der Waals surface area contributed by atoms with Crippen molar-refractivity contribution in [1.82, 2.24) is 15.5 Å². The molecule has 8 heteroatoms. The molecule has 0 spiro atoms. The molecule has 1 aliphatic heterocycles. The number of furan rings is 1. The van der Waals surface area contributed by atoms with Gasteiger partial charge in [0, 0.05) is 13.1 Å². The molecule has 2 aromatic rings. The van der Waals surface area contributed by atoms with Gasteiger partial charge in [-0.15, -0.1) is 0 Å². The Morgan fingerprint density at radius 1 is 1.12 bits per heavy atom. The third kappa shape index (κ3) is 6.09. The van der Waals surface area contributed by atoms with Gasteiger partial charge in [0.15, 0.2) is 17.5 Å². The maximum atomic E-state index is 5.73. The summed E-state index contributed by atoms with van der Waals surface area (Å²) < 4.78 is 22.4. The van der Waals surface area contributed by atoms with Crippen molar-refractivity contribution in [3.8, 4) is 17.2 Å². The van der Waals surface area contributed by atoms with Gasteiger partial charge in [0.25, 0.3) is 0 Å². The number of nitrogens with zero attached hydrogens (tertiary/aromatic N) is 2. The van der Waals surface area contributed by atoms with Crippen LogP contribution in [0.3, 0.4) is 0 Å². The zero-order valence-corrected chi connectivity index (χ0v) is 19.6. The van der Waals surface area contributed by atoms with Crippen LogP contribution in [0.5, 0.6) is 17.2 Å². The average molecular weight is 445 g/mol. The van der Waals surface area contributed by atoms with Crippen LogP contribution in [0.25, 0.3) is 0 Å². The summed E-state index contributed by atoms with van der Waals surface area (Å²) >= 11 is 0. The van der Waals surface area contributed by atoms with Crippen molar-refractivity contribution >= 4 is 5.96 Å². The van der Waals surface area contributed by atoms with Gasteiger partial charge < -0.3 is 29.3 Å². The molecule has 176 valence electrons. The lowest BCUT2D eigenvalue weighted by Crippen LogP contribution is -2.42. The van der Waals surface area contributed by atoms with E-state index in [0.717, 1.165) is 43.5 Å². The number of aliphatic imine (C=N–C) groups is 1. The van der Waals surface area contributed by atoms with E-state index in [2.05, 4.69) is 22.5 Å². The topological polar surface area (TPSA) is 80.5 Å². The van der Waals surface area contributed by atoms with E-state index < -0.39 is 0 Å². The molecule has 1 atom stereocenters. The molecule has 1 fully saturated rings. The number of benzene rings is 1. The zero-order chi connectivity index (χ0) is 22.8. The lowest BCUT2D eigenvalue weighted by atomic mass is 10.2. The first-order valence-corrected chi connectivity index (χ1v) is 11.4. The SMILES string of the molecule is CCNC(=NCc1cc(OC)c(OCC)c(OC)c1)NCC(c1ccco1)N1CCCC1. The third-order valence-electron chi connectivity index (χ3n) is 5.49. The largest absolute Gasteiger partial charge is 0.493 e. The molecule has 1 unspecified atom stereocenters. The second-order valence-corrected chi connectivity index (χ2v) is 7.61. The van der Waals surface area contributed by atoms with Gasteiger partial charge in [-0.3, -0.25) is 4.90 Å². The molecular formula is C24H36N4O4. The molecule has 0 radical (unpaired) electrons. The Bertz CT molecular complexity index is 823. The van der Waals surface area contributed by atoms with Gasteiger partial charge in [0.05, 0.1) is 39.7 Å². The Labute approximate surface area is 190 Å². The normalized spacial score (nSPS) is 15.4. The van der Waals surface area contributed by atoms with Gasteiger partial charge in [-0.2, -0.15) is 0 Å². The van der Waals surface area contributed by atoms with E-state index >= 15 is 0 Å². The number of ether oxygens (including phenoxy) is 3. The second-order valence-electron chi connectivity index (χ2n) is 7.61. The molecule has 0 aliphatic carbocycles. The van der Waals surface area contributed by atoms with E-state index in [1.54, 1.807) is 20.5 Å². The molecule has 1 aromatic heterocycles. The summed E-state index contributed by atoms with van der Waals surface area (Å²) in [6, 6.07) is 8.06. The van der Waals surface area contributed by atoms with Gasteiger partial charge in [-0.1, -0.05) is 0 Å². The van der Waals surface area contributed by atoms with Crippen LogP contribution >= 0.6 is 0 Å². The quantitative estimate of drug-likeness (QED) is 0.405. The zero-order valence-electron chi connectivity index (χ0n) is 19.6. The van der Waals surface area contributed by atoms with Crippen molar-refractivity contribution in [3.05, 3.63) is 41.9 Å². The monoisotopic (exact) mass is 444 g/mol. The highest BCUT2D eigenvalue weighted by molar-refractivity contribution is 5.79. The molecule has 32 heavy (non-hydrogen) atoms. The number of methoxy groups -OCH3 is 2. The van der Waals surface area contributed by atoms with E-state index in [-0.39, 0.29) is 6.04 Å². The highest BCUT2D eigenvalue weighted by Crippen LogP contribution is 2.38. The Balaban J connectivity index is 1.73. The second kappa shape index (κ2) is 12.2. The number of nitrogens with one attached hydrogen (secondary N) is 2. The van der Waals surface area contributed by atoms with Gasteiger partial charge >= 0.3 is 0 Å². The standard InChI is InChI=1S/C24H36N4O4/c1-5-25-24(27-17-19(20-10-9-13-32-20)28-11-7-8-12-28)26-16-18-14-21(29-3)23(31-6-2)22(15-18)30-4/h9-10,13-15,19H,5-8,11-12,16-17H2,1-4H3,(H2,25,26,27). The molecule has 1 saturated heterocycles. The fraction of sp³-hybridized carbons (Fsp3) is 0.542. The van der Waals surface area contributed by atoms with Gasteiger partial charge in [-0.05, 0) is 69.6 Å². The van der Waals surface area contributed by atoms with Crippen molar-refractivity contribution < 1.29 is 18.6 Å². The third-order valence-corrected chi connectivity index (χ3v) is 5.49. The van der Waals surface area contributed by atoms with E-state index in [1.165, 1.54) is 12.8 Å². The highest BCUT2D eigenvalue weighted by Gasteiger charge is 2.25. The molecule has 0 saturated carbocycles. The summed E-state index contributed by atoms with van der Waals surface area (Å²) in [4.78, 5) is 7.25. The fourth-order valence-corrected chi connectivity index (χ4v) is 3.96. The van der Waals surface area contributed by atoms with E-state index in [9.17, 15) is 0 Å². The first-order chi connectivity index (χ1) is 15.7. The maximum absolute atomic E-state index is 5.73. The fourth-order valence-electron chi connectivity index (χ4n) is 3.96. The van der Waals surface area contributed by atoms with Crippen LogP contribution in [-0.2, 0) is 6.54 Å². The molecule has 0 amide bonds. The molecular weight excluding hydrogens is 408 g/mol. The van der Waals surface area contributed by atoms with Crippen molar-refractivity contribution in [2.24, 2.45) is 4.99 Å². The number of hydrogen-bond donors (Lipinski definition) is 2. The van der Waals surface area contributed by atoms with Crippen LogP contribution in [-0.4, -0.2) is 57.9 Å². The van der Waals surface area contributed by atoms with Crippen molar-refractivity contribution in [2.75, 3.05) is 47.0 Å². The number of guanidine groups is 1. The molecule has 3 rings (SSSR count). The van der Waals surface area contributed by atoms with E-state index in [0.29, 0.717) is 30.4 Å². The minimum atomic E-state index is 0.182. The first kappa shape index (κ1) is 23.8. The van der Waals surface area contributed by atoms with Crippen LogP contribution in [0.4, 0.5) is 0 Å². The smallest absolute Gasteiger partial charge is 0.203 e. The lowest BCUT2D eigenvalue weighted by molar-refractivity contribution is 0.215. The van der Waals surface area contributed by atoms with E-state index in [1.807, 2.05) is 31.2 Å². The van der Waals surface area contributed by atoms with Crippen LogP contribution in [0.1, 0.15) is 44.1 Å². The predicted octanol–water partition coefficient (Wildman–Crippen LogP) is 3.59. The molecule has 0 bridgehead atoms. The Morgan fingerprint density at radius 2 is 1.84 bits per heavy atom. The van der Waals surface area contributed by atoms with Gasteiger partial charge in [0.1, 0.15) is 5.76 Å². The molecule has 1 aliphatic rings. The Hall–Kier alpha value is -2.87. The van der Waals surface area contributed by atoms with Crippen LogP contribution in [0, 0.1) is 0 Å². The molecule has 2 heterocycles. The predicted molar refractivity (Wildman–Crippen MR) is 126 cm³/mol. The summed E-state index contributed by atoms with van der Waals surface area (Å²) in [6.45, 7) is 8.68. The molecule has 1 aromatic carbocycles. The van der Waals surface area contributed by atoms with Crippen molar-refractivity contribution in [3.63, 3.8) is 0 Å². The molecule has 2 N–H and O–H groups in total. The average Bonchev–Trinajstić information content (AvgIpc) is 3.53. The summed E-state index contributed by atoms with van der Waals surface area (Å²) in [7, 11) is 3.26. The van der Waals surface area contributed by atoms with Gasteiger partial charge in [0.2, 0.25) is 5.75 Å². The van der Waals surface area contributed by atoms with Crippen LogP contribution in [0.15, 0.2) is 39.9 Å². The summed E-state index contributed by atoms with van der Waals surface area (Å²) in [5.41, 5.74) is 0.974. The van der Waals surface area contributed by atoms with Crippen molar-refractivity contribution in [2.45, 2.75) is 39.3 Å². The minimum absolute atomic E-state index is 0.182. The van der Waals surface area contributed by atoms with Gasteiger partial charge in [-0.25, -0.2) is 4.99 Å². The number of hydrogen-bond acceptors (Lipinski definition) is 6. The van der Waals surface area contributed by atoms with Crippen molar-refractivity contribution in [1.29, 1.82) is 0 Å². The number of rotatable bonds is 11. The summed E-state index contributed by atoms with van der Waals surface area (Å²) in [5, 5.41) is 6.83. The summed E-state index contributed by atoms with van der Waals surface area (Å²) in [5.74, 6) is 3.64. The van der Waals surface area contributed by atoms with Crippen LogP contribution < -0.4 is 24.8 Å². The van der Waals surface area contributed by atoms with E-state index in [4.69, 9.17) is 23.6 Å². The molecule has 8 nitrogen and oxygen atoms in total. The Kier molecular flexibility index (Phi) is 9.10.